The fraction of sp³-hybridized carbons (Fsp3) is 0.417. The van der Waals surface area contributed by atoms with E-state index in [1.54, 1.807) is 32.0 Å². The molecule has 0 saturated heterocycles. The number of hydrazine groups is 1. The summed E-state index contributed by atoms with van der Waals surface area (Å²) in [6, 6.07) is 5.00. The molecule has 19 heavy (non-hydrogen) atoms. The highest BCUT2D eigenvalue weighted by atomic mass is 35.5. The molecule has 1 aromatic carbocycles. The van der Waals surface area contributed by atoms with Gasteiger partial charge in [0.15, 0.2) is 0 Å². The molecule has 3 nitrogen and oxygen atoms in total. The van der Waals surface area contributed by atoms with E-state index in [0.29, 0.717) is 5.69 Å². The molecule has 0 spiro atoms. The van der Waals surface area contributed by atoms with Crippen LogP contribution in [0.1, 0.15) is 19.4 Å². The van der Waals surface area contributed by atoms with Gasteiger partial charge in [-0.3, -0.25) is 10.4 Å². The standard InChI is InChI=1S/C12H13ClF3N3/c1-7-4-5-8-9(6-7)19(11(2,3)13)18-10(17-8)12(14,15)16/h4-6H,1-3H3,(H,17,18). The van der Waals surface area contributed by atoms with Gasteiger partial charge in [0.25, 0.3) is 0 Å². The first-order valence-corrected chi connectivity index (χ1v) is 5.99. The van der Waals surface area contributed by atoms with Gasteiger partial charge in [-0.05, 0) is 38.5 Å². The van der Waals surface area contributed by atoms with Crippen molar-refractivity contribution in [2.75, 3.05) is 5.01 Å². The molecular formula is C12H13ClF3N3. The molecule has 1 aliphatic rings. The summed E-state index contributed by atoms with van der Waals surface area (Å²) >= 11 is 6.15. The number of rotatable bonds is 1. The summed E-state index contributed by atoms with van der Waals surface area (Å²) in [7, 11) is 0. The zero-order valence-corrected chi connectivity index (χ0v) is 11.4. The lowest BCUT2D eigenvalue weighted by Crippen LogP contribution is -2.56. The third-order valence-corrected chi connectivity index (χ3v) is 2.79. The molecule has 0 amide bonds. The number of hydrogen-bond acceptors (Lipinski definition) is 3. The Balaban J connectivity index is 2.58. The Morgan fingerprint density at radius 1 is 1.26 bits per heavy atom. The van der Waals surface area contributed by atoms with E-state index in [1.807, 2.05) is 6.92 Å². The second-order valence-corrected chi connectivity index (χ2v) is 5.73. The van der Waals surface area contributed by atoms with Crippen LogP contribution >= 0.6 is 11.6 Å². The summed E-state index contributed by atoms with van der Waals surface area (Å²) < 4.78 is 38.4. The van der Waals surface area contributed by atoms with E-state index in [0.717, 1.165) is 5.56 Å². The van der Waals surface area contributed by atoms with Crippen molar-refractivity contribution in [3.63, 3.8) is 0 Å². The number of anilines is 1. The van der Waals surface area contributed by atoms with Gasteiger partial charge in [0.05, 0.1) is 11.4 Å². The molecule has 0 bridgehead atoms. The first kappa shape index (κ1) is 14.0. The number of benzene rings is 1. The molecule has 0 aliphatic carbocycles. The van der Waals surface area contributed by atoms with Crippen molar-refractivity contribution >= 4 is 28.8 Å². The summed E-state index contributed by atoms with van der Waals surface area (Å²) in [6.07, 6.45) is -4.55. The topological polar surface area (TPSA) is 27.6 Å². The van der Waals surface area contributed by atoms with Crippen molar-refractivity contribution in [3.8, 4) is 0 Å². The Bertz CT molecular complexity index is 532. The maximum atomic E-state index is 12.8. The molecule has 1 aromatic rings. The van der Waals surface area contributed by atoms with Gasteiger partial charge in [0, 0.05) is 0 Å². The summed E-state index contributed by atoms with van der Waals surface area (Å²) in [4.78, 5) is 2.57. The molecule has 1 aliphatic heterocycles. The highest BCUT2D eigenvalue weighted by Gasteiger charge is 2.42. The number of nitrogens with zero attached hydrogens (tertiary/aromatic N) is 2. The average molecular weight is 292 g/mol. The summed E-state index contributed by atoms with van der Waals surface area (Å²) in [5, 5.41) is 1.27. The molecule has 0 saturated carbocycles. The van der Waals surface area contributed by atoms with Crippen LogP contribution < -0.4 is 10.4 Å². The first-order chi connectivity index (χ1) is 8.59. The zero-order chi connectivity index (χ0) is 14.4. The summed E-state index contributed by atoms with van der Waals surface area (Å²) in [6.45, 7) is 5.06. The van der Waals surface area contributed by atoms with Crippen LogP contribution in [0.2, 0.25) is 0 Å². The van der Waals surface area contributed by atoms with Gasteiger partial charge in [0.2, 0.25) is 5.84 Å². The van der Waals surface area contributed by atoms with E-state index in [4.69, 9.17) is 11.6 Å². The summed E-state index contributed by atoms with van der Waals surface area (Å²) in [5.74, 6) is -1.07. The number of halogens is 4. The van der Waals surface area contributed by atoms with Crippen LogP contribution in [-0.2, 0) is 0 Å². The normalized spacial score (nSPS) is 15.7. The highest BCUT2D eigenvalue weighted by Crippen LogP contribution is 2.38. The van der Waals surface area contributed by atoms with Crippen molar-refractivity contribution in [1.29, 1.82) is 0 Å². The van der Waals surface area contributed by atoms with Gasteiger partial charge >= 0.3 is 6.18 Å². The maximum Gasteiger partial charge on any atom is 0.450 e. The number of fused-ring (bicyclic) bond motifs is 1. The summed E-state index contributed by atoms with van der Waals surface area (Å²) in [5.41, 5.74) is 3.92. The number of hydrogen-bond donors (Lipinski definition) is 1. The van der Waals surface area contributed by atoms with Gasteiger partial charge in [-0.25, -0.2) is 4.99 Å². The number of nitrogens with one attached hydrogen (secondary N) is 1. The molecule has 0 unspecified atom stereocenters. The number of aryl methyl sites for hydroxylation is 1. The molecule has 0 atom stereocenters. The Morgan fingerprint density at radius 3 is 2.42 bits per heavy atom. The van der Waals surface area contributed by atoms with Crippen LogP contribution in [0.25, 0.3) is 0 Å². The molecule has 104 valence electrons. The molecule has 0 aromatic heterocycles. The minimum Gasteiger partial charge on any atom is -0.276 e. The molecule has 1 heterocycles. The van der Waals surface area contributed by atoms with Gasteiger partial charge in [-0.1, -0.05) is 17.7 Å². The predicted octanol–water partition coefficient (Wildman–Crippen LogP) is 3.89. The van der Waals surface area contributed by atoms with Crippen molar-refractivity contribution in [3.05, 3.63) is 23.8 Å². The fourth-order valence-corrected chi connectivity index (χ4v) is 1.90. The quantitative estimate of drug-likeness (QED) is 0.628. The monoisotopic (exact) mass is 291 g/mol. The number of alkyl halides is 4. The van der Waals surface area contributed by atoms with Gasteiger partial charge < -0.3 is 0 Å². The molecular weight excluding hydrogens is 279 g/mol. The third-order valence-electron chi connectivity index (χ3n) is 2.62. The van der Waals surface area contributed by atoms with E-state index < -0.39 is 17.0 Å². The molecule has 1 N–H and O–H groups in total. The minimum atomic E-state index is -4.55. The molecule has 7 heteroatoms. The van der Waals surface area contributed by atoms with Crippen molar-refractivity contribution < 1.29 is 13.2 Å². The average Bonchev–Trinajstić information content (AvgIpc) is 2.24. The maximum absolute atomic E-state index is 12.8. The van der Waals surface area contributed by atoms with Crippen molar-refractivity contribution in [1.82, 2.24) is 5.43 Å². The van der Waals surface area contributed by atoms with Crippen LogP contribution in [0.15, 0.2) is 23.2 Å². The molecule has 0 fully saturated rings. The predicted molar refractivity (Wildman–Crippen MR) is 69.9 cm³/mol. The van der Waals surface area contributed by atoms with Crippen molar-refractivity contribution in [2.45, 2.75) is 31.9 Å². The minimum absolute atomic E-state index is 0.241. The lowest BCUT2D eigenvalue weighted by Gasteiger charge is -2.39. The van der Waals surface area contributed by atoms with Crippen LogP contribution in [0.4, 0.5) is 24.5 Å². The smallest absolute Gasteiger partial charge is 0.276 e. The number of amidine groups is 1. The Labute approximate surface area is 114 Å². The lowest BCUT2D eigenvalue weighted by molar-refractivity contribution is -0.0621. The Kier molecular flexibility index (Phi) is 3.16. The van der Waals surface area contributed by atoms with E-state index >= 15 is 0 Å². The Hall–Kier alpha value is -1.43. The first-order valence-electron chi connectivity index (χ1n) is 5.61. The van der Waals surface area contributed by atoms with E-state index in [-0.39, 0.29) is 5.69 Å². The molecule has 0 radical (unpaired) electrons. The van der Waals surface area contributed by atoms with Gasteiger partial charge in [-0.2, -0.15) is 13.2 Å². The van der Waals surface area contributed by atoms with E-state index in [2.05, 4.69) is 10.4 Å². The third kappa shape index (κ3) is 2.78. The number of aliphatic imine (C=N–C) groups is 1. The fourth-order valence-electron chi connectivity index (χ4n) is 1.76. The lowest BCUT2D eigenvalue weighted by atomic mass is 10.1. The van der Waals surface area contributed by atoms with Crippen LogP contribution in [0, 0.1) is 6.92 Å². The van der Waals surface area contributed by atoms with Gasteiger partial charge in [-0.15, -0.1) is 0 Å². The van der Waals surface area contributed by atoms with Gasteiger partial charge in [0.1, 0.15) is 5.00 Å². The highest BCUT2D eigenvalue weighted by molar-refractivity contribution is 6.25. The Morgan fingerprint density at radius 2 is 1.89 bits per heavy atom. The SMILES string of the molecule is Cc1ccc2c(c1)N(C(C)(C)Cl)NC(C(F)(F)F)=N2. The second kappa shape index (κ2) is 4.30. The van der Waals surface area contributed by atoms with E-state index in [9.17, 15) is 13.2 Å². The van der Waals surface area contributed by atoms with Crippen LogP contribution in [0.3, 0.4) is 0 Å². The zero-order valence-electron chi connectivity index (χ0n) is 10.6. The van der Waals surface area contributed by atoms with Crippen molar-refractivity contribution in [2.24, 2.45) is 4.99 Å². The van der Waals surface area contributed by atoms with Crippen LogP contribution in [-0.4, -0.2) is 17.0 Å². The van der Waals surface area contributed by atoms with E-state index in [1.165, 1.54) is 5.01 Å². The molecule has 2 rings (SSSR count). The largest absolute Gasteiger partial charge is 0.450 e. The van der Waals surface area contributed by atoms with Crippen LogP contribution in [0.5, 0.6) is 0 Å². The second-order valence-electron chi connectivity index (χ2n) is 4.81.